The summed E-state index contributed by atoms with van der Waals surface area (Å²) in [5.41, 5.74) is 0.0767. The molecule has 0 aliphatic carbocycles. The van der Waals surface area contributed by atoms with Crippen LogP contribution in [0.5, 0.6) is 0 Å². The van der Waals surface area contributed by atoms with Crippen LogP contribution < -0.4 is 10.6 Å². The van der Waals surface area contributed by atoms with E-state index in [1.165, 1.54) is 0 Å². The molecule has 0 aromatic rings. The van der Waals surface area contributed by atoms with Crippen LogP contribution in [0, 0.1) is 17.3 Å². The number of amides is 3. The zero-order chi connectivity index (χ0) is 15.9. The number of nitrogens with one attached hydrogen (secondary N) is 2. The number of urea groups is 1. The summed E-state index contributed by atoms with van der Waals surface area (Å²) in [7, 11) is 0. The molecule has 0 heterocycles. The molecular weight excluding hydrogens is 260 g/mol. The van der Waals surface area contributed by atoms with E-state index >= 15 is 0 Å². The number of hydrogen-bond acceptors (Lipinski definition) is 3. The topological polar surface area (TPSA) is 95.5 Å². The molecule has 0 saturated carbocycles. The maximum Gasteiger partial charge on any atom is 0.321 e. The Labute approximate surface area is 120 Å². The van der Waals surface area contributed by atoms with Gasteiger partial charge in [-0.05, 0) is 17.3 Å². The van der Waals surface area contributed by atoms with Gasteiger partial charge in [0.2, 0.25) is 5.91 Å². The quantitative estimate of drug-likeness (QED) is 0.696. The largest absolute Gasteiger partial charge is 0.481 e. The fraction of sp³-hybridized carbons (Fsp3) is 0.786. The highest BCUT2D eigenvalue weighted by molar-refractivity contribution is 5.94. The van der Waals surface area contributed by atoms with E-state index in [4.69, 9.17) is 5.11 Å². The Kier molecular flexibility index (Phi) is 7.24. The monoisotopic (exact) mass is 286 g/mol. The van der Waals surface area contributed by atoms with Gasteiger partial charge < -0.3 is 10.4 Å². The molecule has 0 aliphatic heterocycles. The lowest BCUT2D eigenvalue weighted by Gasteiger charge is -2.27. The van der Waals surface area contributed by atoms with Gasteiger partial charge in [-0.2, -0.15) is 0 Å². The number of rotatable bonds is 6. The van der Waals surface area contributed by atoms with Gasteiger partial charge in [-0.1, -0.05) is 34.6 Å². The molecule has 0 aromatic heterocycles. The lowest BCUT2D eigenvalue weighted by molar-refractivity contribution is -0.138. The second kappa shape index (κ2) is 7.87. The first kappa shape index (κ1) is 18.4. The van der Waals surface area contributed by atoms with Crippen molar-refractivity contribution < 1.29 is 19.5 Å². The molecule has 0 bridgehead atoms. The van der Waals surface area contributed by atoms with Crippen molar-refractivity contribution in [2.75, 3.05) is 6.54 Å². The molecule has 2 unspecified atom stereocenters. The molecule has 3 N–H and O–H groups in total. The van der Waals surface area contributed by atoms with E-state index in [2.05, 4.69) is 31.4 Å². The predicted molar refractivity (Wildman–Crippen MR) is 76.2 cm³/mol. The van der Waals surface area contributed by atoms with Crippen molar-refractivity contribution in [1.29, 1.82) is 0 Å². The molecule has 3 amide bonds. The smallest absolute Gasteiger partial charge is 0.321 e. The molecule has 6 heteroatoms. The zero-order valence-electron chi connectivity index (χ0n) is 12.9. The van der Waals surface area contributed by atoms with Crippen molar-refractivity contribution in [3.8, 4) is 0 Å². The maximum atomic E-state index is 11.5. The van der Waals surface area contributed by atoms with Crippen LogP contribution in [-0.2, 0) is 9.59 Å². The number of carbonyl (C=O) groups is 3. The summed E-state index contributed by atoms with van der Waals surface area (Å²) in [6.07, 6.45) is -0.0648. The Balaban J connectivity index is 4.03. The molecule has 0 aliphatic rings. The first-order chi connectivity index (χ1) is 9.02. The van der Waals surface area contributed by atoms with E-state index in [9.17, 15) is 14.4 Å². The molecule has 0 aromatic carbocycles. The molecule has 0 fully saturated rings. The third-order valence-corrected chi connectivity index (χ3v) is 3.36. The minimum absolute atomic E-state index is 0.0224. The average molecular weight is 286 g/mol. The second-order valence-corrected chi connectivity index (χ2v) is 6.43. The maximum absolute atomic E-state index is 11.5. The van der Waals surface area contributed by atoms with Gasteiger partial charge in [-0.25, -0.2) is 4.79 Å². The van der Waals surface area contributed by atoms with E-state index in [-0.39, 0.29) is 30.1 Å². The Bertz CT molecular complexity index is 361. The highest BCUT2D eigenvalue weighted by Crippen LogP contribution is 2.24. The van der Waals surface area contributed by atoms with E-state index in [1.54, 1.807) is 6.92 Å². The van der Waals surface area contributed by atoms with Gasteiger partial charge in [0, 0.05) is 19.4 Å². The van der Waals surface area contributed by atoms with Gasteiger partial charge in [-0.3, -0.25) is 14.9 Å². The van der Waals surface area contributed by atoms with E-state index in [1.807, 2.05) is 6.92 Å². The molecule has 0 radical (unpaired) electrons. The van der Waals surface area contributed by atoms with Crippen molar-refractivity contribution in [3.05, 3.63) is 0 Å². The lowest BCUT2D eigenvalue weighted by Crippen LogP contribution is -2.43. The highest BCUT2D eigenvalue weighted by Gasteiger charge is 2.21. The fourth-order valence-corrected chi connectivity index (χ4v) is 1.46. The molecule has 2 atom stereocenters. The Morgan fingerprint density at radius 1 is 1.10 bits per heavy atom. The zero-order valence-corrected chi connectivity index (χ0v) is 12.9. The standard InChI is InChI=1S/C14H26N2O4/c1-9(7-12(18)19)6-11(17)16-13(20)15-8-10(2)14(3,4)5/h9-10H,6-8H2,1-5H3,(H,18,19)(H2,15,16,17,20). The van der Waals surface area contributed by atoms with Crippen molar-refractivity contribution in [2.24, 2.45) is 17.3 Å². The van der Waals surface area contributed by atoms with E-state index in [0.29, 0.717) is 6.54 Å². The van der Waals surface area contributed by atoms with Gasteiger partial charge in [0.1, 0.15) is 0 Å². The highest BCUT2D eigenvalue weighted by atomic mass is 16.4. The van der Waals surface area contributed by atoms with E-state index < -0.39 is 17.9 Å². The molecular formula is C14H26N2O4. The molecule has 0 saturated heterocycles. The van der Waals surface area contributed by atoms with Crippen molar-refractivity contribution in [1.82, 2.24) is 10.6 Å². The lowest BCUT2D eigenvalue weighted by atomic mass is 9.82. The molecule has 0 rings (SSSR count). The van der Waals surface area contributed by atoms with Crippen molar-refractivity contribution >= 4 is 17.9 Å². The van der Waals surface area contributed by atoms with Crippen LogP contribution in [-0.4, -0.2) is 29.6 Å². The molecule has 20 heavy (non-hydrogen) atoms. The predicted octanol–water partition coefficient (Wildman–Crippen LogP) is 2.00. The summed E-state index contributed by atoms with van der Waals surface area (Å²) in [4.78, 5) is 33.5. The Morgan fingerprint density at radius 2 is 1.65 bits per heavy atom. The summed E-state index contributed by atoms with van der Waals surface area (Å²) in [5.74, 6) is -1.43. The average Bonchev–Trinajstić information content (AvgIpc) is 2.22. The first-order valence-electron chi connectivity index (χ1n) is 6.81. The van der Waals surface area contributed by atoms with Crippen LogP contribution in [0.4, 0.5) is 4.79 Å². The fourth-order valence-electron chi connectivity index (χ4n) is 1.46. The van der Waals surface area contributed by atoms with Crippen LogP contribution in [0.25, 0.3) is 0 Å². The van der Waals surface area contributed by atoms with Gasteiger partial charge in [0.25, 0.3) is 0 Å². The number of carbonyl (C=O) groups excluding carboxylic acids is 2. The van der Waals surface area contributed by atoms with Crippen molar-refractivity contribution in [2.45, 2.75) is 47.5 Å². The van der Waals surface area contributed by atoms with Gasteiger partial charge >= 0.3 is 12.0 Å². The first-order valence-corrected chi connectivity index (χ1v) is 6.81. The third-order valence-electron chi connectivity index (χ3n) is 3.36. The summed E-state index contributed by atoms with van der Waals surface area (Å²) in [6, 6.07) is -0.534. The minimum atomic E-state index is -0.950. The Hall–Kier alpha value is -1.59. The second-order valence-electron chi connectivity index (χ2n) is 6.43. The summed E-state index contributed by atoms with van der Waals surface area (Å²) in [6.45, 7) is 10.4. The number of hydrogen-bond donors (Lipinski definition) is 3. The molecule has 0 spiro atoms. The van der Waals surface area contributed by atoms with Gasteiger partial charge in [0.05, 0.1) is 0 Å². The summed E-state index contributed by atoms with van der Waals surface area (Å²) >= 11 is 0. The number of imide groups is 1. The van der Waals surface area contributed by atoms with Crippen molar-refractivity contribution in [3.63, 3.8) is 0 Å². The van der Waals surface area contributed by atoms with Crippen LogP contribution in [0.2, 0.25) is 0 Å². The Morgan fingerprint density at radius 3 is 2.10 bits per heavy atom. The number of carboxylic acid groups (broad SMARTS) is 1. The summed E-state index contributed by atoms with van der Waals surface area (Å²) < 4.78 is 0. The third kappa shape index (κ3) is 8.50. The van der Waals surface area contributed by atoms with Crippen LogP contribution in [0.3, 0.4) is 0 Å². The van der Waals surface area contributed by atoms with E-state index in [0.717, 1.165) is 0 Å². The summed E-state index contributed by atoms with van der Waals surface area (Å²) in [5, 5.41) is 13.4. The van der Waals surface area contributed by atoms with Crippen LogP contribution in [0.1, 0.15) is 47.5 Å². The number of aliphatic carboxylic acids is 1. The normalized spacial score (nSPS) is 14.2. The van der Waals surface area contributed by atoms with Crippen LogP contribution >= 0.6 is 0 Å². The van der Waals surface area contributed by atoms with Gasteiger partial charge in [-0.15, -0.1) is 0 Å². The minimum Gasteiger partial charge on any atom is -0.481 e. The van der Waals surface area contributed by atoms with Crippen LogP contribution in [0.15, 0.2) is 0 Å². The molecule has 116 valence electrons. The van der Waals surface area contributed by atoms with Gasteiger partial charge in [0.15, 0.2) is 0 Å². The number of carboxylic acids is 1. The SMILES string of the molecule is CC(CC(=O)O)CC(=O)NC(=O)NCC(C)C(C)(C)C. The molecule has 6 nitrogen and oxygen atoms in total.